The van der Waals surface area contributed by atoms with Crippen LogP contribution in [0.1, 0.15) is 53.9 Å². The first-order valence-electron chi connectivity index (χ1n) is 6.24. The molecule has 0 aromatic carbocycles. The summed E-state index contributed by atoms with van der Waals surface area (Å²) in [6, 6.07) is 0. The summed E-state index contributed by atoms with van der Waals surface area (Å²) in [7, 11) is 0. The first-order valence-corrected chi connectivity index (χ1v) is 6.24. The minimum absolute atomic E-state index is 0.572. The van der Waals surface area contributed by atoms with Crippen LogP contribution in [-0.2, 0) is 0 Å². The molecule has 0 fully saturated rings. The molecule has 0 aliphatic rings. The quantitative estimate of drug-likeness (QED) is 0.503. The Hall–Kier alpha value is -0.520. The van der Waals surface area contributed by atoms with Crippen molar-refractivity contribution < 1.29 is 0 Å². The minimum atomic E-state index is 0.572. The van der Waals surface area contributed by atoms with Gasteiger partial charge < -0.3 is 0 Å². The molecule has 0 amide bonds. The fourth-order valence-corrected chi connectivity index (χ4v) is 2.16. The molecule has 0 aromatic rings. The molecule has 0 aromatic heterocycles. The molecule has 0 saturated heterocycles. The SMILES string of the molecule is C=C(C)C(C)C(CC(CC)CC)C(=C)C. The maximum absolute atomic E-state index is 4.14. The van der Waals surface area contributed by atoms with E-state index in [4.69, 9.17) is 0 Å². The van der Waals surface area contributed by atoms with E-state index in [2.05, 4.69) is 47.8 Å². The number of hydrogen-bond acceptors (Lipinski definition) is 0. The zero-order chi connectivity index (χ0) is 12.0. The largest absolute Gasteiger partial charge is 0.0998 e. The van der Waals surface area contributed by atoms with Gasteiger partial charge in [0.2, 0.25) is 0 Å². The topological polar surface area (TPSA) is 0 Å². The maximum atomic E-state index is 4.14. The van der Waals surface area contributed by atoms with E-state index in [0.717, 1.165) is 5.92 Å². The average Bonchev–Trinajstić information content (AvgIpc) is 2.18. The molecule has 2 unspecified atom stereocenters. The van der Waals surface area contributed by atoms with Crippen molar-refractivity contribution in [2.24, 2.45) is 17.8 Å². The van der Waals surface area contributed by atoms with E-state index < -0.39 is 0 Å². The van der Waals surface area contributed by atoms with Gasteiger partial charge in [-0.2, -0.15) is 0 Å². The van der Waals surface area contributed by atoms with Crippen LogP contribution in [-0.4, -0.2) is 0 Å². The smallest absolute Gasteiger partial charge is 0.0143 e. The maximum Gasteiger partial charge on any atom is -0.0143 e. The third-order valence-electron chi connectivity index (χ3n) is 3.76. The van der Waals surface area contributed by atoms with Crippen LogP contribution in [0.5, 0.6) is 0 Å². The van der Waals surface area contributed by atoms with Gasteiger partial charge in [0.25, 0.3) is 0 Å². The molecule has 15 heavy (non-hydrogen) atoms. The van der Waals surface area contributed by atoms with Crippen molar-refractivity contribution in [3.63, 3.8) is 0 Å². The Bertz CT molecular complexity index is 208. The average molecular weight is 208 g/mol. The van der Waals surface area contributed by atoms with Crippen molar-refractivity contribution in [1.29, 1.82) is 0 Å². The second kappa shape index (κ2) is 6.87. The standard InChI is InChI=1S/C15H28/c1-8-14(9-2)10-15(12(5)6)13(7)11(3)4/h13-15H,3,5,8-10H2,1-2,4,6-7H3. The highest BCUT2D eigenvalue weighted by molar-refractivity contribution is 5.07. The van der Waals surface area contributed by atoms with Gasteiger partial charge in [-0.3, -0.25) is 0 Å². The van der Waals surface area contributed by atoms with E-state index in [0.29, 0.717) is 11.8 Å². The van der Waals surface area contributed by atoms with Crippen molar-refractivity contribution in [2.75, 3.05) is 0 Å². The Morgan fingerprint density at radius 1 is 1.00 bits per heavy atom. The van der Waals surface area contributed by atoms with Gasteiger partial charge in [0.05, 0.1) is 0 Å². The van der Waals surface area contributed by atoms with E-state index in [9.17, 15) is 0 Å². The monoisotopic (exact) mass is 208 g/mol. The predicted octanol–water partition coefficient (Wildman–Crippen LogP) is 5.22. The molecule has 0 radical (unpaired) electrons. The summed E-state index contributed by atoms with van der Waals surface area (Å²) in [6.45, 7) is 19.4. The molecule has 0 rings (SSSR count). The van der Waals surface area contributed by atoms with E-state index in [1.165, 1.54) is 30.4 Å². The Morgan fingerprint density at radius 3 is 1.73 bits per heavy atom. The molecule has 0 nitrogen and oxygen atoms in total. The van der Waals surface area contributed by atoms with Gasteiger partial charge in [-0.05, 0) is 38.0 Å². The predicted molar refractivity (Wildman–Crippen MR) is 71.0 cm³/mol. The van der Waals surface area contributed by atoms with Gasteiger partial charge in [-0.1, -0.05) is 57.9 Å². The molecule has 2 atom stereocenters. The number of allylic oxidation sites excluding steroid dienone is 2. The molecule has 0 spiro atoms. The van der Waals surface area contributed by atoms with Crippen LogP contribution in [0.4, 0.5) is 0 Å². The van der Waals surface area contributed by atoms with Crippen LogP contribution < -0.4 is 0 Å². The fourth-order valence-electron chi connectivity index (χ4n) is 2.16. The summed E-state index contributed by atoms with van der Waals surface area (Å²) in [6.07, 6.45) is 3.84. The summed E-state index contributed by atoms with van der Waals surface area (Å²) >= 11 is 0. The van der Waals surface area contributed by atoms with Gasteiger partial charge in [-0.15, -0.1) is 0 Å². The van der Waals surface area contributed by atoms with Crippen LogP contribution in [0.25, 0.3) is 0 Å². The van der Waals surface area contributed by atoms with Crippen molar-refractivity contribution in [2.45, 2.75) is 53.9 Å². The lowest BCUT2D eigenvalue weighted by molar-refractivity contribution is 0.333. The van der Waals surface area contributed by atoms with Crippen molar-refractivity contribution >= 4 is 0 Å². The van der Waals surface area contributed by atoms with Crippen LogP contribution >= 0.6 is 0 Å². The Balaban J connectivity index is 4.53. The molecule has 0 saturated carbocycles. The van der Waals surface area contributed by atoms with Gasteiger partial charge in [-0.25, -0.2) is 0 Å². The normalized spacial score (nSPS) is 15.1. The highest BCUT2D eigenvalue weighted by Gasteiger charge is 2.21. The van der Waals surface area contributed by atoms with Gasteiger partial charge in [0, 0.05) is 0 Å². The number of rotatable bonds is 7. The lowest BCUT2D eigenvalue weighted by Crippen LogP contribution is -2.17. The summed E-state index contributed by atoms with van der Waals surface area (Å²) in [5.41, 5.74) is 2.60. The van der Waals surface area contributed by atoms with Gasteiger partial charge in [0.15, 0.2) is 0 Å². The molecular weight excluding hydrogens is 180 g/mol. The first-order chi connectivity index (χ1) is 6.93. The Morgan fingerprint density at radius 2 is 1.47 bits per heavy atom. The van der Waals surface area contributed by atoms with Crippen LogP contribution in [0, 0.1) is 17.8 Å². The van der Waals surface area contributed by atoms with Crippen LogP contribution in [0.15, 0.2) is 24.3 Å². The summed E-state index contributed by atoms with van der Waals surface area (Å²) < 4.78 is 0. The molecule has 0 heteroatoms. The fraction of sp³-hybridized carbons (Fsp3) is 0.733. The zero-order valence-electron chi connectivity index (χ0n) is 11.3. The van der Waals surface area contributed by atoms with Crippen LogP contribution in [0.3, 0.4) is 0 Å². The number of hydrogen-bond donors (Lipinski definition) is 0. The van der Waals surface area contributed by atoms with E-state index in [1.807, 2.05) is 0 Å². The highest BCUT2D eigenvalue weighted by atomic mass is 14.3. The molecule has 0 heterocycles. The molecule has 0 aliphatic carbocycles. The van der Waals surface area contributed by atoms with Gasteiger partial charge >= 0.3 is 0 Å². The highest BCUT2D eigenvalue weighted by Crippen LogP contribution is 2.32. The summed E-state index contributed by atoms with van der Waals surface area (Å²) in [5.74, 6) is 2.03. The molecule has 0 aliphatic heterocycles. The van der Waals surface area contributed by atoms with Crippen molar-refractivity contribution in [3.05, 3.63) is 24.3 Å². The van der Waals surface area contributed by atoms with Crippen LogP contribution in [0.2, 0.25) is 0 Å². The molecule has 0 N–H and O–H groups in total. The zero-order valence-corrected chi connectivity index (χ0v) is 11.3. The Labute approximate surface area is 96.5 Å². The third-order valence-corrected chi connectivity index (χ3v) is 3.76. The van der Waals surface area contributed by atoms with E-state index in [-0.39, 0.29) is 0 Å². The molecule has 88 valence electrons. The van der Waals surface area contributed by atoms with Crippen molar-refractivity contribution in [3.8, 4) is 0 Å². The summed E-state index contributed by atoms with van der Waals surface area (Å²) in [4.78, 5) is 0. The van der Waals surface area contributed by atoms with Gasteiger partial charge in [0.1, 0.15) is 0 Å². The second-order valence-corrected chi connectivity index (χ2v) is 5.01. The second-order valence-electron chi connectivity index (χ2n) is 5.01. The lowest BCUT2D eigenvalue weighted by Gasteiger charge is -2.28. The summed E-state index contributed by atoms with van der Waals surface area (Å²) in [5, 5.41) is 0. The lowest BCUT2D eigenvalue weighted by atomic mass is 9.77. The van der Waals surface area contributed by atoms with E-state index in [1.54, 1.807) is 0 Å². The Kier molecular flexibility index (Phi) is 6.63. The minimum Gasteiger partial charge on any atom is -0.0998 e. The third kappa shape index (κ3) is 4.68. The molecular formula is C15H28. The molecule has 0 bridgehead atoms. The van der Waals surface area contributed by atoms with E-state index >= 15 is 0 Å². The first kappa shape index (κ1) is 14.5. The van der Waals surface area contributed by atoms with Crippen molar-refractivity contribution in [1.82, 2.24) is 0 Å².